The summed E-state index contributed by atoms with van der Waals surface area (Å²) < 4.78 is 5.17. The summed E-state index contributed by atoms with van der Waals surface area (Å²) in [6.07, 6.45) is 5.12. The lowest BCUT2D eigenvalue weighted by Gasteiger charge is -2.15. The summed E-state index contributed by atoms with van der Waals surface area (Å²) in [5, 5.41) is 16.3. The predicted molar refractivity (Wildman–Crippen MR) is 66.4 cm³/mol. The van der Waals surface area contributed by atoms with Gasteiger partial charge >= 0.3 is 5.97 Å². The van der Waals surface area contributed by atoms with Crippen LogP contribution in [0.25, 0.3) is 0 Å². The zero-order valence-corrected chi connectivity index (χ0v) is 10.8. The van der Waals surface area contributed by atoms with Crippen molar-refractivity contribution in [3.05, 3.63) is 11.7 Å². The standard InChI is InChI=1S/C13H19N3O3/c17-13(18)10-3-1-2-9(10)6-14-7-11-15-12(16-19-11)8-4-5-8/h8-10,14H,1-7H2,(H,17,18). The van der Waals surface area contributed by atoms with E-state index >= 15 is 0 Å². The highest BCUT2D eigenvalue weighted by Crippen LogP contribution is 2.38. The van der Waals surface area contributed by atoms with Crippen LogP contribution in [0, 0.1) is 11.8 Å². The van der Waals surface area contributed by atoms with Gasteiger partial charge in [-0.3, -0.25) is 4.79 Å². The summed E-state index contributed by atoms with van der Waals surface area (Å²) in [6.45, 7) is 1.24. The van der Waals surface area contributed by atoms with Crippen molar-refractivity contribution in [2.24, 2.45) is 11.8 Å². The molecule has 1 heterocycles. The average Bonchev–Trinajstić information content (AvgIpc) is 2.95. The number of carbonyl (C=O) groups is 1. The molecule has 2 unspecified atom stereocenters. The van der Waals surface area contributed by atoms with Crippen LogP contribution in [0.5, 0.6) is 0 Å². The van der Waals surface area contributed by atoms with Crippen LogP contribution in [0.4, 0.5) is 0 Å². The van der Waals surface area contributed by atoms with Crippen LogP contribution < -0.4 is 5.32 Å². The number of carboxylic acid groups (broad SMARTS) is 1. The van der Waals surface area contributed by atoms with E-state index in [1.54, 1.807) is 0 Å². The first kappa shape index (κ1) is 12.6. The van der Waals surface area contributed by atoms with Gasteiger partial charge in [0.2, 0.25) is 5.89 Å². The van der Waals surface area contributed by atoms with Crippen LogP contribution in [0.1, 0.15) is 49.7 Å². The molecule has 0 aliphatic heterocycles. The lowest BCUT2D eigenvalue weighted by Crippen LogP contribution is -2.28. The SMILES string of the molecule is O=C(O)C1CCCC1CNCc1nc(C2CC2)no1. The molecular weight excluding hydrogens is 246 g/mol. The van der Waals surface area contributed by atoms with Crippen LogP contribution in [-0.2, 0) is 11.3 Å². The van der Waals surface area contributed by atoms with E-state index in [0.717, 1.165) is 37.9 Å². The third-order valence-electron chi connectivity index (χ3n) is 4.09. The summed E-state index contributed by atoms with van der Waals surface area (Å²) in [5.74, 6) is 1.29. The molecule has 19 heavy (non-hydrogen) atoms. The van der Waals surface area contributed by atoms with E-state index in [1.807, 2.05) is 0 Å². The van der Waals surface area contributed by atoms with Gasteiger partial charge in [-0.1, -0.05) is 11.6 Å². The summed E-state index contributed by atoms with van der Waals surface area (Å²) >= 11 is 0. The summed E-state index contributed by atoms with van der Waals surface area (Å²) in [7, 11) is 0. The average molecular weight is 265 g/mol. The Morgan fingerprint density at radius 2 is 2.21 bits per heavy atom. The van der Waals surface area contributed by atoms with Crippen molar-refractivity contribution in [3.8, 4) is 0 Å². The Hall–Kier alpha value is -1.43. The van der Waals surface area contributed by atoms with Gasteiger partial charge in [0.05, 0.1) is 12.5 Å². The molecule has 1 aromatic heterocycles. The van der Waals surface area contributed by atoms with Crippen molar-refractivity contribution in [1.82, 2.24) is 15.5 Å². The Labute approximate surface area is 111 Å². The van der Waals surface area contributed by atoms with E-state index in [9.17, 15) is 4.79 Å². The fourth-order valence-corrected chi connectivity index (χ4v) is 2.82. The van der Waals surface area contributed by atoms with Gasteiger partial charge in [0.15, 0.2) is 5.82 Å². The fraction of sp³-hybridized carbons (Fsp3) is 0.769. The van der Waals surface area contributed by atoms with Gasteiger partial charge < -0.3 is 14.9 Å². The number of rotatable bonds is 6. The van der Waals surface area contributed by atoms with E-state index in [2.05, 4.69) is 15.5 Å². The van der Waals surface area contributed by atoms with Gasteiger partial charge in [-0.25, -0.2) is 0 Å². The van der Waals surface area contributed by atoms with Crippen molar-refractivity contribution in [3.63, 3.8) is 0 Å². The summed E-state index contributed by atoms with van der Waals surface area (Å²) in [4.78, 5) is 15.4. The number of carboxylic acids is 1. The van der Waals surface area contributed by atoms with Crippen molar-refractivity contribution >= 4 is 5.97 Å². The molecule has 3 rings (SSSR count). The van der Waals surface area contributed by atoms with E-state index in [1.165, 1.54) is 0 Å². The maximum absolute atomic E-state index is 11.1. The number of aromatic nitrogens is 2. The number of hydrogen-bond acceptors (Lipinski definition) is 5. The molecule has 2 fully saturated rings. The summed E-state index contributed by atoms with van der Waals surface area (Å²) in [5.41, 5.74) is 0. The van der Waals surface area contributed by atoms with Crippen LogP contribution in [0.15, 0.2) is 4.52 Å². The van der Waals surface area contributed by atoms with E-state index in [-0.39, 0.29) is 11.8 Å². The van der Waals surface area contributed by atoms with E-state index in [0.29, 0.717) is 24.9 Å². The highest BCUT2D eigenvalue weighted by atomic mass is 16.5. The molecule has 0 aromatic carbocycles. The third kappa shape index (κ3) is 2.94. The molecule has 0 spiro atoms. The van der Waals surface area contributed by atoms with E-state index < -0.39 is 5.97 Å². The van der Waals surface area contributed by atoms with Crippen LogP contribution in [0.2, 0.25) is 0 Å². The van der Waals surface area contributed by atoms with Crippen molar-refractivity contribution in [1.29, 1.82) is 0 Å². The first-order valence-electron chi connectivity index (χ1n) is 7.00. The minimum absolute atomic E-state index is 0.197. The first-order valence-corrected chi connectivity index (χ1v) is 7.00. The predicted octanol–water partition coefficient (Wildman–Crippen LogP) is 1.54. The molecule has 0 radical (unpaired) electrons. The molecule has 2 atom stereocenters. The van der Waals surface area contributed by atoms with Crippen molar-refractivity contribution < 1.29 is 14.4 Å². The van der Waals surface area contributed by atoms with Gasteiger partial charge in [-0.15, -0.1) is 0 Å². The normalized spacial score (nSPS) is 26.7. The maximum Gasteiger partial charge on any atom is 0.306 e. The second-order valence-corrected chi connectivity index (χ2v) is 5.59. The molecule has 6 heteroatoms. The Bertz CT molecular complexity index is 456. The zero-order valence-electron chi connectivity index (χ0n) is 10.8. The quantitative estimate of drug-likeness (QED) is 0.811. The maximum atomic E-state index is 11.1. The second-order valence-electron chi connectivity index (χ2n) is 5.59. The lowest BCUT2D eigenvalue weighted by molar-refractivity contribution is -0.142. The van der Waals surface area contributed by atoms with Gasteiger partial charge in [-0.05, 0) is 38.1 Å². The van der Waals surface area contributed by atoms with Crippen molar-refractivity contribution in [2.45, 2.75) is 44.6 Å². The van der Waals surface area contributed by atoms with Gasteiger partial charge in [0.1, 0.15) is 0 Å². The largest absolute Gasteiger partial charge is 0.481 e. The van der Waals surface area contributed by atoms with Crippen LogP contribution in [0.3, 0.4) is 0 Å². The highest BCUT2D eigenvalue weighted by molar-refractivity contribution is 5.70. The molecule has 1 aromatic rings. The summed E-state index contributed by atoms with van der Waals surface area (Å²) in [6, 6.07) is 0. The van der Waals surface area contributed by atoms with E-state index in [4.69, 9.17) is 9.63 Å². The second kappa shape index (κ2) is 5.28. The molecule has 6 nitrogen and oxygen atoms in total. The number of hydrogen-bond donors (Lipinski definition) is 2. The minimum Gasteiger partial charge on any atom is -0.481 e. The Balaban J connectivity index is 1.45. The molecule has 104 valence electrons. The number of nitrogens with zero attached hydrogens (tertiary/aromatic N) is 2. The monoisotopic (exact) mass is 265 g/mol. The van der Waals surface area contributed by atoms with Gasteiger partial charge in [-0.2, -0.15) is 4.98 Å². The molecule has 2 saturated carbocycles. The third-order valence-corrected chi connectivity index (χ3v) is 4.09. The molecule has 2 aliphatic rings. The molecule has 0 amide bonds. The van der Waals surface area contributed by atoms with Crippen LogP contribution in [-0.4, -0.2) is 27.8 Å². The first-order chi connectivity index (χ1) is 9.24. The minimum atomic E-state index is -0.668. The number of aliphatic carboxylic acids is 1. The number of nitrogens with one attached hydrogen (secondary N) is 1. The topological polar surface area (TPSA) is 88.2 Å². The lowest BCUT2D eigenvalue weighted by atomic mass is 9.96. The fourth-order valence-electron chi connectivity index (χ4n) is 2.82. The Kier molecular flexibility index (Phi) is 3.50. The van der Waals surface area contributed by atoms with Crippen molar-refractivity contribution in [2.75, 3.05) is 6.54 Å². The molecular formula is C13H19N3O3. The molecule has 2 aliphatic carbocycles. The molecule has 2 N–H and O–H groups in total. The highest BCUT2D eigenvalue weighted by Gasteiger charge is 2.32. The zero-order chi connectivity index (χ0) is 13.2. The van der Waals surface area contributed by atoms with Crippen LogP contribution >= 0.6 is 0 Å². The molecule has 0 bridgehead atoms. The smallest absolute Gasteiger partial charge is 0.306 e. The Morgan fingerprint density at radius 1 is 1.37 bits per heavy atom. The Morgan fingerprint density at radius 3 is 2.95 bits per heavy atom. The van der Waals surface area contributed by atoms with Gasteiger partial charge in [0.25, 0.3) is 0 Å². The van der Waals surface area contributed by atoms with Gasteiger partial charge in [0, 0.05) is 5.92 Å². The molecule has 0 saturated heterocycles.